The zero-order valence-corrected chi connectivity index (χ0v) is 26.6. The van der Waals surface area contributed by atoms with Crippen LogP contribution in [0.3, 0.4) is 0 Å². The normalized spacial score (nSPS) is 30.5. The van der Waals surface area contributed by atoms with E-state index in [-0.39, 0.29) is 28.6 Å². The number of ether oxygens (including phenoxy) is 1. The van der Waals surface area contributed by atoms with E-state index in [4.69, 9.17) is 14.8 Å². The van der Waals surface area contributed by atoms with Crippen LogP contribution >= 0.6 is 0 Å². The van der Waals surface area contributed by atoms with Crippen LogP contribution in [0.2, 0.25) is 0 Å². The molecule has 2 unspecified atom stereocenters. The largest absolute Gasteiger partial charge is 0.466 e. The second-order valence-electron chi connectivity index (χ2n) is 14.5. The predicted octanol–water partition coefficient (Wildman–Crippen LogP) is 6.21. The zero-order chi connectivity index (χ0) is 30.5. The minimum atomic E-state index is -0.0391. The summed E-state index contributed by atoms with van der Waals surface area (Å²) in [6.45, 7) is 10.3. The maximum absolute atomic E-state index is 13.7. The molecule has 1 spiro atoms. The Kier molecular flexibility index (Phi) is 7.66. The summed E-state index contributed by atoms with van der Waals surface area (Å²) in [6.07, 6.45) is 12.0. The lowest BCUT2D eigenvalue weighted by molar-refractivity contribution is -0.149. The number of esters is 1. The number of amides is 1. The number of carbonyl (C=O) groups excluding carboxylic acids is 2. The van der Waals surface area contributed by atoms with Gasteiger partial charge < -0.3 is 14.5 Å². The first kappa shape index (κ1) is 29.3. The predicted molar refractivity (Wildman–Crippen MR) is 171 cm³/mol. The van der Waals surface area contributed by atoms with E-state index in [2.05, 4.69) is 55.1 Å². The minimum absolute atomic E-state index is 0.00662. The van der Waals surface area contributed by atoms with E-state index in [9.17, 15) is 9.59 Å². The second kappa shape index (κ2) is 11.5. The fraction of sp³-hybridized carbons (Fsp3) is 0.611. The van der Waals surface area contributed by atoms with Crippen molar-refractivity contribution >= 4 is 23.2 Å². The summed E-state index contributed by atoms with van der Waals surface area (Å²) in [5.41, 5.74) is 4.65. The summed E-state index contributed by atoms with van der Waals surface area (Å²) in [4.78, 5) is 35.1. The number of aryl methyl sites for hydroxylation is 1. The molecule has 2 saturated carbocycles. The van der Waals surface area contributed by atoms with Gasteiger partial charge in [-0.3, -0.25) is 9.59 Å². The highest BCUT2D eigenvalue weighted by Crippen LogP contribution is 2.53. The summed E-state index contributed by atoms with van der Waals surface area (Å²) >= 11 is 0. The maximum atomic E-state index is 13.7. The smallest absolute Gasteiger partial charge is 0.308 e. The molecule has 44 heavy (non-hydrogen) atoms. The van der Waals surface area contributed by atoms with E-state index < -0.39 is 0 Å². The van der Waals surface area contributed by atoms with Gasteiger partial charge in [-0.1, -0.05) is 37.3 Å². The lowest BCUT2D eigenvalue weighted by Gasteiger charge is -2.32. The van der Waals surface area contributed by atoms with Crippen molar-refractivity contribution in [1.29, 1.82) is 0 Å². The first-order valence-electron chi connectivity index (χ1n) is 16.9. The first-order chi connectivity index (χ1) is 21.3. The van der Waals surface area contributed by atoms with Crippen molar-refractivity contribution in [2.75, 3.05) is 37.7 Å². The maximum Gasteiger partial charge on any atom is 0.308 e. The Balaban J connectivity index is 0.993. The molecule has 4 aliphatic rings. The molecule has 0 radical (unpaired) electrons. The fourth-order valence-corrected chi connectivity index (χ4v) is 9.01. The Hall–Kier alpha value is -3.42. The molecule has 234 valence electrons. The number of aromatic nitrogens is 3. The SMILES string of the molecule is CCOC(=O)C1CCC(C2CCC3(CCN(C(=O)c4nc5c(C)cc(N6CC[C@](C)(c7ccccc7)C6)cn5n4)C3)C2)CC1. The molecule has 2 aliphatic heterocycles. The van der Waals surface area contributed by atoms with Crippen molar-refractivity contribution in [2.45, 2.75) is 84.0 Å². The van der Waals surface area contributed by atoms with Gasteiger partial charge in [0.2, 0.25) is 5.82 Å². The number of pyridine rings is 1. The summed E-state index contributed by atoms with van der Waals surface area (Å²) in [6, 6.07) is 13.0. The van der Waals surface area contributed by atoms with Crippen LogP contribution in [0.15, 0.2) is 42.6 Å². The minimum Gasteiger partial charge on any atom is -0.466 e. The van der Waals surface area contributed by atoms with E-state index >= 15 is 0 Å². The number of fused-ring (bicyclic) bond motifs is 1. The molecule has 2 aliphatic carbocycles. The average molecular weight is 598 g/mol. The summed E-state index contributed by atoms with van der Waals surface area (Å²) < 4.78 is 7.10. The summed E-state index contributed by atoms with van der Waals surface area (Å²) in [5.74, 6) is 1.75. The number of anilines is 1. The van der Waals surface area contributed by atoms with E-state index in [1.807, 2.05) is 22.5 Å². The second-order valence-corrected chi connectivity index (χ2v) is 14.5. The third-order valence-electron chi connectivity index (χ3n) is 11.6. The van der Waals surface area contributed by atoms with E-state index in [1.54, 1.807) is 0 Å². The molecule has 4 heterocycles. The van der Waals surface area contributed by atoms with Crippen molar-refractivity contribution in [3.05, 3.63) is 59.5 Å². The Morgan fingerprint density at radius 2 is 1.77 bits per heavy atom. The van der Waals surface area contributed by atoms with Crippen LogP contribution in [0.4, 0.5) is 5.69 Å². The molecular weight excluding hydrogens is 550 g/mol. The van der Waals surface area contributed by atoms with Gasteiger partial charge in [0, 0.05) is 31.6 Å². The Bertz CT molecular complexity index is 1530. The topological polar surface area (TPSA) is 80.0 Å². The Morgan fingerprint density at radius 1 is 0.977 bits per heavy atom. The van der Waals surface area contributed by atoms with Crippen LogP contribution in [0.25, 0.3) is 5.65 Å². The summed E-state index contributed by atoms with van der Waals surface area (Å²) in [5, 5.41) is 4.73. The molecular formula is C36H47N5O3. The Morgan fingerprint density at radius 3 is 2.55 bits per heavy atom. The van der Waals surface area contributed by atoms with Crippen LogP contribution in [-0.4, -0.2) is 64.2 Å². The molecule has 0 N–H and O–H groups in total. The molecule has 1 amide bonds. The molecule has 2 saturated heterocycles. The van der Waals surface area contributed by atoms with E-state index in [0.717, 1.165) is 81.6 Å². The highest BCUT2D eigenvalue weighted by molar-refractivity contribution is 5.91. The number of carbonyl (C=O) groups is 2. The van der Waals surface area contributed by atoms with Gasteiger partial charge in [-0.15, -0.1) is 5.10 Å². The standard InChI is InChI=1S/C36H47N5O3/c1-4-44-34(43)27-12-10-26(11-13-27)28-14-15-36(21-28)17-19-40(24-36)33(42)31-37-32-25(2)20-30(22-41(32)38-31)39-18-16-35(3,23-39)29-8-6-5-7-9-29/h5-9,20,22,26-28H,4,10-19,21,23-24H2,1-3H3/t26?,27?,28?,35-,36?/m0/s1. The van der Waals surface area contributed by atoms with Gasteiger partial charge in [0.1, 0.15) is 0 Å². The van der Waals surface area contributed by atoms with Crippen LogP contribution in [0, 0.1) is 30.1 Å². The molecule has 3 aromatic rings. The molecule has 4 fully saturated rings. The molecule has 8 heteroatoms. The molecule has 2 aromatic heterocycles. The van der Waals surface area contributed by atoms with Crippen LogP contribution < -0.4 is 4.90 Å². The van der Waals surface area contributed by atoms with Crippen molar-refractivity contribution < 1.29 is 14.3 Å². The quantitative estimate of drug-likeness (QED) is 0.315. The molecule has 0 bridgehead atoms. The number of rotatable bonds is 6. The average Bonchev–Trinajstić information content (AvgIpc) is 3.84. The lowest BCUT2D eigenvalue weighted by atomic mass is 9.73. The van der Waals surface area contributed by atoms with Gasteiger partial charge >= 0.3 is 5.97 Å². The van der Waals surface area contributed by atoms with E-state index in [0.29, 0.717) is 24.3 Å². The van der Waals surface area contributed by atoms with Gasteiger partial charge in [0.25, 0.3) is 5.91 Å². The number of hydrogen-bond donors (Lipinski definition) is 0. The molecule has 1 aromatic carbocycles. The van der Waals surface area contributed by atoms with Gasteiger partial charge in [-0.25, -0.2) is 9.50 Å². The molecule has 7 rings (SSSR count). The molecule has 3 atom stereocenters. The van der Waals surface area contributed by atoms with Gasteiger partial charge in [0.05, 0.1) is 24.4 Å². The molecule has 8 nitrogen and oxygen atoms in total. The van der Waals surface area contributed by atoms with Crippen molar-refractivity contribution in [1.82, 2.24) is 19.5 Å². The van der Waals surface area contributed by atoms with Gasteiger partial charge in [-0.05, 0) is 106 Å². The first-order valence-corrected chi connectivity index (χ1v) is 16.9. The highest BCUT2D eigenvalue weighted by atomic mass is 16.5. The summed E-state index contributed by atoms with van der Waals surface area (Å²) in [7, 11) is 0. The van der Waals surface area contributed by atoms with Crippen molar-refractivity contribution in [3.8, 4) is 0 Å². The van der Waals surface area contributed by atoms with Crippen LogP contribution in [-0.2, 0) is 14.9 Å². The number of benzene rings is 1. The van der Waals surface area contributed by atoms with Crippen LogP contribution in [0.5, 0.6) is 0 Å². The van der Waals surface area contributed by atoms with Gasteiger partial charge in [-0.2, -0.15) is 0 Å². The van der Waals surface area contributed by atoms with Crippen LogP contribution in [0.1, 0.15) is 93.4 Å². The Labute approximate surface area is 261 Å². The third-order valence-corrected chi connectivity index (χ3v) is 11.6. The fourth-order valence-electron chi connectivity index (χ4n) is 9.01. The van der Waals surface area contributed by atoms with Crippen molar-refractivity contribution in [2.24, 2.45) is 23.2 Å². The number of nitrogens with zero attached hydrogens (tertiary/aromatic N) is 5. The van der Waals surface area contributed by atoms with E-state index in [1.165, 1.54) is 24.8 Å². The number of likely N-dealkylation sites (tertiary alicyclic amines) is 1. The van der Waals surface area contributed by atoms with Gasteiger partial charge in [0.15, 0.2) is 5.65 Å². The van der Waals surface area contributed by atoms with Crippen molar-refractivity contribution in [3.63, 3.8) is 0 Å². The third kappa shape index (κ3) is 5.39. The monoisotopic (exact) mass is 597 g/mol. The highest BCUT2D eigenvalue weighted by Gasteiger charge is 2.48. The number of hydrogen-bond acceptors (Lipinski definition) is 6. The zero-order valence-electron chi connectivity index (χ0n) is 26.6. The lowest BCUT2D eigenvalue weighted by Crippen LogP contribution is -2.32.